The van der Waals surface area contributed by atoms with Gasteiger partial charge in [0.2, 0.25) is 0 Å². The van der Waals surface area contributed by atoms with Crippen molar-refractivity contribution in [2.45, 2.75) is 20.3 Å². The fraction of sp³-hybridized carbons (Fsp3) is 0.278. The van der Waals surface area contributed by atoms with Crippen LogP contribution in [0.4, 0.5) is 0 Å². The van der Waals surface area contributed by atoms with Gasteiger partial charge in [-0.05, 0) is 37.1 Å². The second-order valence-electron chi connectivity index (χ2n) is 5.77. The van der Waals surface area contributed by atoms with Crippen LogP contribution in [0, 0.1) is 6.92 Å². The third-order valence-corrected chi connectivity index (χ3v) is 5.98. The average Bonchev–Trinajstić information content (AvgIpc) is 2.92. The second kappa shape index (κ2) is 7.39. The lowest BCUT2D eigenvalue weighted by atomic mass is 10.1. The molecule has 0 saturated carbocycles. The van der Waals surface area contributed by atoms with Crippen LogP contribution in [0.25, 0.3) is 10.2 Å². The quantitative estimate of drug-likeness (QED) is 0.598. The van der Waals surface area contributed by atoms with Crippen LogP contribution in [0.2, 0.25) is 10.0 Å². The fourth-order valence-corrected chi connectivity index (χ4v) is 4.09. The highest BCUT2D eigenvalue weighted by molar-refractivity contribution is 7.20. The van der Waals surface area contributed by atoms with Crippen molar-refractivity contribution in [3.8, 4) is 0 Å². The highest BCUT2D eigenvalue weighted by Gasteiger charge is 2.21. The molecule has 0 aliphatic carbocycles. The number of nitrogens with zero attached hydrogens (tertiary/aromatic N) is 2. The van der Waals surface area contributed by atoms with Gasteiger partial charge in [0.1, 0.15) is 15.5 Å². The average molecular weight is 411 g/mol. The largest absolute Gasteiger partial charge is 0.462 e. The molecule has 8 heteroatoms. The zero-order chi connectivity index (χ0) is 19.0. The Kier molecular flexibility index (Phi) is 5.37. The first-order chi connectivity index (χ1) is 12.3. The molecule has 0 spiro atoms. The molecule has 0 aliphatic heterocycles. The second-order valence-corrected chi connectivity index (χ2v) is 7.59. The highest BCUT2D eigenvalue weighted by atomic mass is 35.5. The Hall–Kier alpha value is -1.89. The summed E-state index contributed by atoms with van der Waals surface area (Å²) >= 11 is 13.2. The SMILES string of the molecule is CCOC(=O)c1sc2nc(Cc3ccc(Cl)c(Cl)c3)n(C)c(=O)c2c1C. The molecule has 3 rings (SSSR count). The van der Waals surface area contributed by atoms with Crippen LogP contribution in [-0.2, 0) is 18.2 Å². The molecule has 5 nitrogen and oxygen atoms in total. The van der Waals surface area contributed by atoms with Crippen LogP contribution < -0.4 is 5.56 Å². The number of fused-ring (bicyclic) bond motifs is 1. The van der Waals surface area contributed by atoms with E-state index in [1.165, 1.54) is 15.9 Å². The number of benzene rings is 1. The van der Waals surface area contributed by atoms with Crippen molar-refractivity contribution in [2.75, 3.05) is 6.61 Å². The van der Waals surface area contributed by atoms with Gasteiger partial charge in [0.15, 0.2) is 0 Å². The Bertz CT molecular complexity index is 1070. The molecule has 0 saturated heterocycles. The number of aromatic nitrogens is 2. The van der Waals surface area contributed by atoms with Crippen molar-refractivity contribution in [1.82, 2.24) is 9.55 Å². The summed E-state index contributed by atoms with van der Waals surface area (Å²) in [5, 5.41) is 1.38. The van der Waals surface area contributed by atoms with E-state index < -0.39 is 5.97 Å². The Morgan fingerprint density at radius 2 is 2.04 bits per heavy atom. The fourth-order valence-electron chi connectivity index (χ4n) is 2.69. The van der Waals surface area contributed by atoms with E-state index in [4.69, 9.17) is 27.9 Å². The van der Waals surface area contributed by atoms with Gasteiger partial charge in [-0.25, -0.2) is 9.78 Å². The number of halogens is 2. The van der Waals surface area contributed by atoms with Crippen molar-refractivity contribution in [3.05, 3.63) is 60.4 Å². The van der Waals surface area contributed by atoms with Crippen LogP contribution in [0.15, 0.2) is 23.0 Å². The van der Waals surface area contributed by atoms with E-state index >= 15 is 0 Å². The zero-order valence-electron chi connectivity index (χ0n) is 14.4. The number of hydrogen-bond acceptors (Lipinski definition) is 5. The molecule has 0 N–H and O–H groups in total. The van der Waals surface area contributed by atoms with E-state index in [1.807, 2.05) is 6.07 Å². The van der Waals surface area contributed by atoms with Crippen LogP contribution in [0.1, 0.15) is 33.5 Å². The first kappa shape index (κ1) is 18.9. The molecular formula is C18H16Cl2N2O3S. The number of aryl methyl sites for hydroxylation is 1. The Morgan fingerprint density at radius 3 is 2.69 bits per heavy atom. The third kappa shape index (κ3) is 3.37. The van der Waals surface area contributed by atoms with Gasteiger partial charge in [-0.3, -0.25) is 9.36 Å². The first-order valence-corrected chi connectivity index (χ1v) is 9.50. The summed E-state index contributed by atoms with van der Waals surface area (Å²) in [5.74, 6) is 0.152. The predicted molar refractivity (Wildman–Crippen MR) is 105 cm³/mol. The molecule has 0 bridgehead atoms. The molecule has 26 heavy (non-hydrogen) atoms. The molecule has 2 aromatic heterocycles. The minimum Gasteiger partial charge on any atom is -0.462 e. The molecule has 0 fully saturated rings. The number of esters is 1. The van der Waals surface area contributed by atoms with Crippen LogP contribution in [0.3, 0.4) is 0 Å². The maximum absolute atomic E-state index is 12.8. The van der Waals surface area contributed by atoms with E-state index in [0.717, 1.165) is 5.56 Å². The Labute approximate surface area is 164 Å². The van der Waals surface area contributed by atoms with Gasteiger partial charge in [-0.15, -0.1) is 11.3 Å². The third-order valence-electron chi connectivity index (χ3n) is 4.07. The minimum absolute atomic E-state index is 0.186. The van der Waals surface area contributed by atoms with Crippen molar-refractivity contribution >= 4 is 50.7 Å². The van der Waals surface area contributed by atoms with Gasteiger partial charge in [-0.1, -0.05) is 29.3 Å². The molecule has 0 radical (unpaired) electrons. The number of ether oxygens (including phenoxy) is 1. The van der Waals surface area contributed by atoms with Gasteiger partial charge in [0, 0.05) is 13.5 Å². The van der Waals surface area contributed by atoms with Crippen LogP contribution in [0.5, 0.6) is 0 Å². The summed E-state index contributed by atoms with van der Waals surface area (Å²) in [4.78, 5) is 30.5. The molecular weight excluding hydrogens is 395 g/mol. The zero-order valence-corrected chi connectivity index (χ0v) is 16.8. The number of hydrogen-bond donors (Lipinski definition) is 0. The lowest BCUT2D eigenvalue weighted by Gasteiger charge is -2.08. The maximum atomic E-state index is 12.8. The van der Waals surface area contributed by atoms with E-state index in [0.29, 0.717) is 42.9 Å². The number of thiophene rings is 1. The lowest BCUT2D eigenvalue weighted by Crippen LogP contribution is -2.22. The molecule has 136 valence electrons. The molecule has 2 heterocycles. The molecule has 1 aromatic carbocycles. The molecule has 0 amide bonds. The van der Waals surface area contributed by atoms with Crippen molar-refractivity contribution < 1.29 is 9.53 Å². The summed E-state index contributed by atoms with van der Waals surface area (Å²) < 4.78 is 6.57. The minimum atomic E-state index is -0.430. The first-order valence-electron chi connectivity index (χ1n) is 7.93. The molecule has 3 aromatic rings. The van der Waals surface area contributed by atoms with Gasteiger partial charge >= 0.3 is 5.97 Å². The number of carbonyl (C=O) groups is 1. The predicted octanol–water partition coefficient (Wildman–Crippen LogP) is 4.38. The van der Waals surface area contributed by atoms with Crippen molar-refractivity contribution in [1.29, 1.82) is 0 Å². The summed E-state index contributed by atoms with van der Waals surface area (Å²) in [6.07, 6.45) is 0.421. The number of rotatable bonds is 4. The Morgan fingerprint density at radius 1 is 1.31 bits per heavy atom. The molecule has 0 unspecified atom stereocenters. The summed E-state index contributed by atoms with van der Waals surface area (Å²) in [5.41, 5.74) is 1.31. The topological polar surface area (TPSA) is 61.2 Å². The summed E-state index contributed by atoms with van der Waals surface area (Å²) in [6, 6.07) is 5.31. The monoisotopic (exact) mass is 410 g/mol. The van der Waals surface area contributed by atoms with Gasteiger partial charge in [0.05, 0.1) is 22.0 Å². The van der Waals surface area contributed by atoms with E-state index in [1.54, 1.807) is 33.0 Å². The Balaban J connectivity index is 2.10. The molecule has 0 aliphatic rings. The van der Waals surface area contributed by atoms with E-state index in [9.17, 15) is 9.59 Å². The van der Waals surface area contributed by atoms with E-state index in [2.05, 4.69) is 4.98 Å². The van der Waals surface area contributed by atoms with E-state index in [-0.39, 0.29) is 12.2 Å². The smallest absolute Gasteiger partial charge is 0.348 e. The van der Waals surface area contributed by atoms with Gasteiger partial charge < -0.3 is 4.74 Å². The van der Waals surface area contributed by atoms with Crippen molar-refractivity contribution in [2.24, 2.45) is 7.05 Å². The maximum Gasteiger partial charge on any atom is 0.348 e. The normalized spacial score (nSPS) is 11.1. The summed E-state index contributed by atoms with van der Waals surface area (Å²) in [6.45, 7) is 3.76. The van der Waals surface area contributed by atoms with Gasteiger partial charge in [0.25, 0.3) is 5.56 Å². The van der Waals surface area contributed by atoms with Crippen LogP contribution in [-0.4, -0.2) is 22.1 Å². The lowest BCUT2D eigenvalue weighted by molar-refractivity contribution is 0.0531. The standard InChI is InChI=1S/C18H16Cl2N2O3S/c1-4-25-18(24)15-9(2)14-16(26-15)21-13(22(3)17(14)23)8-10-5-6-11(19)12(20)7-10/h5-7H,4,8H2,1-3H3. The molecule has 0 atom stereocenters. The van der Waals surface area contributed by atoms with Crippen molar-refractivity contribution in [3.63, 3.8) is 0 Å². The highest BCUT2D eigenvalue weighted by Crippen LogP contribution is 2.29. The summed E-state index contributed by atoms with van der Waals surface area (Å²) in [7, 11) is 1.67. The van der Waals surface area contributed by atoms with Gasteiger partial charge in [-0.2, -0.15) is 0 Å². The van der Waals surface area contributed by atoms with Crippen LogP contribution >= 0.6 is 34.5 Å². The number of carbonyl (C=O) groups excluding carboxylic acids is 1.